The molecule has 8 nitrogen and oxygen atoms in total. The van der Waals surface area contributed by atoms with E-state index in [1.807, 2.05) is 0 Å². The normalized spacial score (nSPS) is 10.5. The van der Waals surface area contributed by atoms with Crippen LogP contribution in [0.3, 0.4) is 0 Å². The number of halogens is 2. The van der Waals surface area contributed by atoms with Gasteiger partial charge in [0, 0.05) is 12.6 Å². The summed E-state index contributed by atoms with van der Waals surface area (Å²) >= 11 is 0. The maximum atomic E-state index is 12.1. The van der Waals surface area contributed by atoms with E-state index in [4.69, 9.17) is 5.73 Å². The van der Waals surface area contributed by atoms with Crippen molar-refractivity contribution in [3.05, 3.63) is 57.8 Å². The second-order valence-corrected chi connectivity index (χ2v) is 4.59. The molecule has 2 aromatic rings. The van der Waals surface area contributed by atoms with Gasteiger partial charge in [0.25, 0.3) is 11.6 Å². The fourth-order valence-corrected chi connectivity index (χ4v) is 1.86. The average Bonchev–Trinajstić information content (AvgIpc) is 2.53. The highest BCUT2D eigenvalue weighted by Gasteiger charge is 2.16. The zero-order chi connectivity index (χ0) is 17.7. The van der Waals surface area contributed by atoms with Crippen molar-refractivity contribution in [2.75, 3.05) is 5.32 Å². The van der Waals surface area contributed by atoms with Crippen LogP contribution >= 0.6 is 0 Å². The molecule has 0 fully saturated rings. The summed E-state index contributed by atoms with van der Waals surface area (Å²) < 4.78 is 28.4. The highest BCUT2D eigenvalue weighted by Crippen LogP contribution is 2.20. The summed E-state index contributed by atoms with van der Waals surface area (Å²) in [4.78, 5) is 25.2. The Kier molecular flexibility index (Phi) is 5.20. The number of primary amides is 1. The summed E-state index contributed by atoms with van der Waals surface area (Å²) in [6.45, 7) is -2.71. The Balaban J connectivity index is 2.11. The van der Waals surface area contributed by atoms with Gasteiger partial charge in [0.1, 0.15) is 17.8 Å². The lowest BCUT2D eigenvalue weighted by molar-refractivity contribution is -0.385. The van der Waals surface area contributed by atoms with Gasteiger partial charge in [0.2, 0.25) is 0 Å². The van der Waals surface area contributed by atoms with Crippen molar-refractivity contribution in [1.29, 1.82) is 0 Å². The molecule has 0 saturated carbocycles. The van der Waals surface area contributed by atoms with Crippen LogP contribution in [-0.2, 0) is 6.54 Å². The minimum Gasteiger partial charge on any atom is -0.435 e. The molecular formula is C14H12F2N4O4. The number of ether oxygens (including phenoxy) is 1. The van der Waals surface area contributed by atoms with E-state index in [0.29, 0.717) is 5.56 Å². The second kappa shape index (κ2) is 7.31. The zero-order valence-electron chi connectivity index (χ0n) is 12.1. The summed E-state index contributed by atoms with van der Waals surface area (Å²) in [6, 6.07) is 6.83. The van der Waals surface area contributed by atoms with Gasteiger partial charge in [-0.2, -0.15) is 8.78 Å². The van der Waals surface area contributed by atoms with E-state index in [0.717, 1.165) is 12.3 Å². The molecule has 24 heavy (non-hydrogen) atoms. The number of benzene rings is 1. The fourth-order valence-electron chi connectivity index (χ4n) is 1.86. The minimum absolute atomic E-state index is 0.0139. The number of amides is 1. The minimum atomic E-state index is -2.91. The van der Waals surface area contributed by atoms with Crippen LogP contribution in [0.2, 0.25) is 0 Å². The number of anilines is 1. The van der Waals surface area contributed by atoms with E-state index in [-0.39, 0.29) is 29.4 Å². The SMILES string of the molecule is NC(=O)c1cc([N+](=O)[O-])cnc1NCc1ccc(OC(F)F)cc1. The van der Waals surface area contributed by atoms with Crippen LogP contribution in [0.5, 0.6) is 5.75 Å². The summed E-state index contributed by atoms with van der Waals surface area (Å²) in [5.41, 5.74) is 5.40. The van der Waals surface area contributed by atoms with E-state index in [9.17, 15) is 23.7 Å². The van der Waals surface area contributed by atoms with Gasteiger partial charge in [-0.25, -0.2) is 4.98 Å². The van der Waals surface area contributed by atoms with Gasteiger partial charge in [-0.1, -0.05) is 12.1 Å². The molecule has 0 radical (unpaired) electrons. The number of pyridine rings is 1. The summed E-state index contributed by atoms with van der Waals surface area (Å²) in [5.74, 6) is -0.768. The van der Waals surface area contributed by atoms with Crippen molar-refractivity contribution in [3.63, 3.8) is 0 Å². The van der Waals surface area contributed by atoms with Gasteiger partial charge in [-0.15, -0.1) is 0 Å². The molecule has 0 aliphatic carbocycles. The van der Waals surface area contributed by atoms with Gasteiger partial charge in [0.05, 0.1) is 10.5 Å². The monoisotopic (exact) mass is 338 g/mol. The lowest BCUT2D eigenvalue weighted by atomic mass is 10.2. The number of nitrogens with one attached hydrogen (secondary N) is 1. The van der Waals surface area contributed by atoms with Crippen LogP contribution in [0.25, 0.3) is 0 Å². The average molecular weight is 338 g/mol. The van der Waals surface area contributed by atoms with Gasteiger partial charge < -0.3 is 15.8 Å². The summed E-state index contributed by atoms with van der Waals surface area (Å²) in [7, 11) is 0. The van der Waals surface area contributed by atoms with E-state index in [2.05, 4.69) is 15.0 Å². The first-order valence-electron chi connectivity index (χ1n) is 6.58. The van der Waals surface area contributed by atoms with Crippen LogP contribution in [0.4, 0.5) is 20.3 Å². The molecule has 1 aromatic carbocycles. The maximum absolute atomic E-state index is 12.1. The molecule has 0 atom stereocenters. The summed E-state index contributed by atoms with van der Waals surface area (Å²) in [5, 5.41) is 13.5. The van der Waals surface area contributed by atoms with E-state index < -0.39 is 17.4 Å². The summed E-state index contributed by atoms with van der Waals surface area (Å²) in [6.07, 6.45) is 0.994. The molecule has 0 unspecified atom stereocenters. The van der Waals surface area contributed by atoms with Crippen molar-refractivity contribution in [2.45, 2.75) is 13.2 Å². The fraction of sp³-hybridized carbons (Fsp3) is 0.143. The number of aromatic nitrogens is 1. The van der Waals surface area contributed by atoms with Crippen molar-refractivity contribution in [2.24, 2.45) is 5.73 Å². The third-order valence-corrected chi connectivity index (χ3v) is 2.96. The Labute approximate surface area is 134 Å². The predicted octanol–water partition coefficient (Wildman–Crippen LogP) is 2.30. The first-order chi connectivity index (χ1) is 11.4. The van der Waals surface area contributed by atoms with Gasteiger partial charge in [-0.3, -0.25) is 14.9 Å². The number of nitrogens with two attached hydrogens (primary N) is 1. The number of nitro groups is 1. The Hall–Kier alpha value is -3.30. The zero-order valence-corrected chi connectivity index (χ0v) is 12.1. The Morgan fingerprint density at radius 3 is 2.58 bits per heavy atom. The Morgan fingerprint density at radius 1 is 1.38 bits per heavy atom. The quantitative estimate of drug-likeness (QED) is 0.590. The van der Waals surface area contributed by atoms with E-state index in [1.165, 1.54) is 12.1 Å². The van der Waals surface area contributed by atoms with E-state index in [1.54, 1.807) is 12.1 Å². The Morgan fingerprint density at radius 2 is 2.04 bits per heavy atom. The molecule has 0 aliphatic rings. The van der Waals surface area contributed by atoms with Crippen molar-refractivity contribution in [3.8, 4) is 5.75 Å². The van der Waals surface area contributed by atoms with Gasteiger partial charge in [0.15, 0.2) is 0 Å². The van der Waals surface area contributed by atoms with Crippen LogP contribution in [0.1, 0.15) is 15.9 Å². The number of nitrogens with zero attached hydrogens (tertiary/aromatic N) is 2. The first-order valence-corrected chi connectivity index (χ1v) is 6.58. The standard InChI is InChI=1S/C14H12F2N4O4/c15-14(16)24-10-3-1-8(2-4-10)6-18-13-11(12(17)21)5-9(7-19-13)20(22)23/h1-5,7,14H,6H2,(H2,17,21)(H,18,19). The molecule has 1 amide bonds. The first kappa shape index (κ1) is 17.1. The number of hydrogen-bond donors (Lipinski definition) is 2. The lowest BCUT2D eigenvalue weighted by Crippen LogP contribution is -2.16. The number of alkyl halides is 2. The number of hydrogen-bond acceptors (Lipinski definition) is 6. The van der Waals surface area contributed by atoms with Crippen molar-refractivity contribution < 1.29 is 23.2 Å². The topological polar surface area (TPSA) is 120 Å². The molecule has 3 N–H and O–H groups in total. The van der Waals surface area contributed by atoms with Gasteiger partial charge >= 0.3 is 6.61 Å². The molecule has 1 aromatic heterocycles. The molecule has 0 bridgehead atoms. The molecule has 0 spiro atoms. The largest absolute Gasteiger partial charge is 0.435 e. The third-order valence-electron chi connectivity index (χ3n) is 2.96. The number of carbonyl (C=O) groups excluding carboxylic acids is 1. The number of carbonyl (C=O) groups is 1. The lowest BCUT2D eigenvalue weighted by Gasteiger charge is -2.10. The van der Waals surface area contributed by atoms with Crippen LogP contribution in [0.15, 0.2) is 36.5 Å². The Bertz CT molecular complexity index is 753. The third kappa shape index (κ3) is 4.35. The van der Waals surface area contributed by atoms with Crippen molar-refractivity contribution >= 4 is 17.4 Å². The highest BCUT2D eigenvalue weighted by molar-refractivity contribution is 5.98. The van der Waals surface area contributed by atoms with Crippen LogP contribution in [0, 0.1) is 10.1 Å². The molecule has 1 heterocycles. The van der Waals surface area contributed by atoms with E-state index >= 15 is 0 Å². The second-order valence-electron chi connectivity index (χ2n) is 4.59. The predicted molar refractivity (Wildman–Crippen MR) is 79.8 cm³/mol. The highest BCUT2D eigenvalue weighted by atomic mass is 19.3. The molecule has 0 saturated heterocycles. The molecule has 10 heteroatoms. The molecule has 0 aliphatic heterocycles. The molecule has 2 rings (SSSR count). The van der Waals surface area contributed by atoms with Crippen molar-refractivity contribution in [1.82, 2.24) is 4.98 Å². The smallest absolute Gasteiger partial charge is 0.387 e. The maximum Gasteiger partial charge on any atom is 0.387 e. The van der Waals surface area contributed by atoms with Crippen LogP contribution in [-0.4, -0.2) is 22.4 Å². The van der Waals surface area contributed by atoms with Gasteiger partial charge in [-0.05, 0) is 17.7 Å². The molecule has 126 valence electrons. The number of rotatable bonds is 7. The van der Waals surface area contributed by atoms with Crippen LogP contribution < -0.4 is 15.8 Å². The molecular weight excluding hydrogens is 326 g/mol.